The summed E-state index contributed by atoms with van der Waals surface area (Å²) in [7, 11) is 0. The van der Waals surface area contributed by atoms with Crippen molar-refractivity contribution < 1.29 is 0 Å². The number of nitrogens with zero attached hydrogens (tertiary/aromatic N) is 1. The molecule has 0 heterocycles. The first kappa shape index (κ1) is 13.6. The highest BCUT2D eigenvalue weighted by atomic mass is 15.1. The van der Waals surface area contributed by atoms with Crippen LogP contribution in [0, 0.1) is 5.41 Å². The third-order valence-corrected chi connectivity index (χ3v) is 4.09. The minimum atomic E-state index is 0.222. The number of benzene rings is 1. The van der Waals surface area contributed by atoms with Gasteiger partial charge in [-0.1, -0.05) is 45.0 Å². The molecule has 2 nitrogen and oxygen atoms in total. The molecule has 0 saturated heterocycles. The number of hydrogen-bond donors (Lipinski definition) is 1. The van der Waals surface area contributed by atoms with Gasteiger partial charge in [0.2, 0.25) is 0 Å². The molecule has 0 amide bonds. The minimum Gasteiger partial charge on any atom is -0.330 e. The highest BCUT2D eigenvalue weighted by Crippen LogP contribution is 2.35. The molecule has 0 aromatic heterocycles. The van der Waals surface area contributed by atoms with E-state index in [0.29, 0.717) is 0 Å². The van der Waals surface area contributed by atoms with Crippen LogP contribution in [0.3, 0.4) is 0 Å². The van der Waals surface area contributed by atoms with Gasteiger partial charge in [0.25, 0.3) is 0 Å². The second-order valence-electron chi connectivity index (χ2n) is 6.30. The number of fused-ring (bicyclic) bond motifs is 1. The maximum absolute atomic E-state index is 5.84. The van der Waals surface area contributed by atoms with Gasteiger partial charge in [-0.05, 0) is 36.1 Å². The van der Waals surface area contributed by atoms with Crippen LogP contribution >= 0.6 is 0 Å². The third-order valence-electron chi connectivity index (χ3n) is 4.09. The van der Waals surface area contributed by atoms with Crippen LogP contribution < -0.4 is 5.73 Å². The summed E-state index contributed by atoms with van der Waals surface area (Å²) in [6.07, 6.45) is 1.25. The van der Waals surface area contributed by atoms with E-state index in [1.165, 1.54) is 18.5 Å². The predicted octanol–water partition coefficient (Wildman–Crippen LogP) is 2.63. The van der Waals surface area contributed by atoms with Gasteiger partial charge in [0.1, 0.15) is 0 Å². The molecule has 1 aliphatic carbocycles. The summed E-state index contributed by atoms with van der Waals surface area (Å²) in [4.78, 5) is 2.55. The molecular formula is C16H26N2. The molecule has 2 N–H and O–H groups in total. The lowest BCUT2D eigenvalue weighted by molar-refractivity contribution is 0.176. The minimum absolute atomic E-state index is 0.222. The van der Waals surface area contributed by atoms with Crippen LogP contribution in [-0.4, -0.2) is 31.1 Å². The van der Waals surface area contributed by atoms with Gasteiger partial charge in [0, 0.05) is 19.0 Å². The number of likely N-dealkylation sites (N-methyl/N-ethyl adjacent to an activating group) is 1. The summed E-state index contributed by atoms with van der Waals surface area (Å²) in [6.45, 7) is 10.9. The molecule has 2 rings (SSSR count). The Morgan fingerprint density at radius 3 is 2.67 bits per heavy atom. The highest BCUT2D eigenvalue weighted by Gasteiger charge is 2.28. The van der Waals surface area contributed by atoms with Crippen molar-refractivity contribution >= 4 is 0 Å². The van der Waals surface area contributed by atoms with Gasteiger partial charge in [0.05, 0.1) is 0 Å². The number of hydrogen-bond acceptors (Lipinski definition) is 2. The van der Waals surface area contributed by atoms with Crippen LogP contribution in [0.1, 0.15) is 37.8 Å². The molecule has 1 aliphatic rings. The van der Waals surface area contributed by atoms with Gasteiger partial charge in [-0.3, -0.25) is 0 Å². The summed E-state index contributed by atoms with van der Waals surface area (Å²) in [5.41, 5.74) is 9.15. The van der Waals surface area contributed by atoms with Gasteiger partial charge in [-0.25, -0.2) is 0 Å². The fourth-order valence-electron chi connectivity index (χ4n) is 2.81. The molecule has 0 radical (unpaired) electrons. The third kappa shape index (κ3) is 2.93. The lowest BCUT2D eigenvalue weighted by Crippen LogP contribution is -2.42. The Bertz CT molecular complexity index is 398. The van der Waals surface area contributed by atoms with Gasteiger partial charge >= 0.3 is 0 Å². The fraction of sp³-hybridized carbons (Fsp3) is 0.625. The molecule has 0 spiro atoms. The van der Waals surface area contributed by atoms with Crippen LogP contribution in [-0.2, 0) is 6.42 Å². The monoisotopic (exact) mass is 246 g/mol. The van der Waals surface area contributed by atoms with Gasteiger partial charge < -0.3 is 10.6 Å². The maximum atomic E-state index is 5.84. The van der Waals surface area contributed by atoms with Crippen LogP contribution in [0.5, 0.6) is 0 Å². The van der Waals surface area contributed by atoms with Crippen LogP contribution in [0.4, 0.5) is 0 Å². The van der Waals surface area contributed by atoms with E-state index >= 15 is 0 Å². The van der Waals surface area contributed by atoms with E-state index in [1.807, 2.05) is 0 Å². The standard InChI is InChI=1S/C16H26N2/c1-4-18(12-16(2,3)11-17)10-14-9-13-7-5-6-8-15(13)14/h5-8,14H,4,9-12,17H2,1-3H3. The Labute approximate surface area is 111 Å². The van der Waals surface area contributed by atoms with Crippen molar-refractivity contribution in [1.82, 2.24) is 4.90 Å². The average molecular weight is 246 g/mol. The maximum Gasteiger partial charge on any atom is 0.00537 e. The molecule has 1 aromatic rings. The van der Waals surface area contributed by atoms with Crippen molar-refractivity contribution in [3.05, 3.63) is 35.4 Å². The van der Waals surface area contributed by atoms with E-state index in [9.17, 15) is 0 Å². The topological polar surface area (TPSA) is 29.3 Å². The first-order chi connectivity index (χ1) is 8.55. The van der Waals surface area contributed by atoms with Crippen LogP contribution in [0.15, 0.2) is 24.3 Å². The molecular weight excluding hydrogens is 220 g/mol. The second-order valence-corrected chi connectivity index (χ2v) is 6.30. The fourth-order valence-corrected chi connectivity index (χ4v) is 2.81. The van der Waals surface area contributed by atoms with Crippen molar-refractivity contribution in [2.24, 2.45) is 11.1 Å². The Hall–Kier alpha value is -0.860. The molecule has 1 atom stereocenters. The van der Waals surface area contributed by atoms with E-state index < -0.39 is 0 Å². The van der Waals surface area contributed by atoms with Gasteiger partial charge in [0.15, 0.2) is 0 Å². The largest absolute Gasteiger partial charge is 0.330 e. The summed E-state index contributed by atoms with van der Waals surface area (Å²) in [5.74, 6) is 0.731. The molecule has 0 fully saturated rings. The smallest absolute Gasteiger partial charge is 0.00537 e. The zero-order valence-corrected chi connectivity index (χ0v) is 11.9. The molecule has 1 unspecified atom stereocenters. The van der Waals surface area contributed by atoms with Gasteiger partial charge in [-0.15, -0.1) is 0 Å². The zero-order chi connectivity index (χ0) is 13.2. The van der Waals surface area contributed by atoms with E-state index in [4.69, 9.17) is 5.73 Å². The van der Waals surface area contributed by atoms with Crippen LogP contribution in [0.25, 0.3) is 0 Å². The first-order valence-corrected chi connectivity index (χ1v) is 7.06. The Morgan fingerprint density at radius 2 is 2.06 bits per heavy atom. The number of nitrogens with two attached hydrogens (primary N) is 1. The van der Waals surface area contributed by atoms with E-state index in [-0.39, 0.29) is 5.41 Å². The van der Waals surface area contributed by atoms with Crippen LogP contribution in [0.2, 0.25) is 0 Å². The Kier molecular flexibility index (Phi) is 4.08. The molecule has 2 heteroatoms. The van der Waals surface area contributed by atoms with Crippen molar-refractivity contribution in [1.29, 1.82) is 0 Å². The quantitative estimate of drug-likeness (QED) is 0.836. The second kappa shape index (κ2) is 5.41. The van der Waals surface area contributed by atoms with Crippen molar-refractivity contribution in [3.63, 3.8) is 0 Å². The lowest BCUT2D eigenvalue weighted by atomic mass is 9.77. The average Bonchev–Trinajstić information content (AvgIpc) is 2.34. The summed E-state index contributed by atoms with van der Waals surface area (Å²) in [6, 6.07) is 8.84. The first-order valence-electron chi connectivity index (χ1n) is 7.06. The van der Waals surface area contributed by atoms with Gasteiger partial charge in [-0.2, -0.15) is 0 Å². The molecule has 18 heavy (non-hydrogen) atoms. The molecule has 0 saturated carbocycles. The summed E-state index contributed by atoms with van der Waals surface area (Å²) < 4.78 is 0. The van der Waals surface area contributed by atoms with Crippen molar-refractivity contribution in [2.45, 2.75) is 33.1 Å². The molecule has 100 valence electrons. The lowest BCUT2D eigenvalue weighted by Gasteiger charge is -2.37. The van der Waals surface area contributed by atoms with E-state index in [0.717, 1.165) is 25.6 Å². The summed E-state index contributed by atoms with van der Waals surface area (Å²) in [5, 5.41) is 0. The highest BCUT2D eigenvalue weighted by molar-refractivity contribution is 5.40. The Morgan fingerprint density at radius 1 is 1.33 bits per heavy atom. The molecule has 0 bridgehead atoms. The zero-order valence-electron chi connectivity index (χ0n) is 11.9. The van der Waals surface area contributed by atoms with Crippen molar-refractivity contribution in [2.75, 3.05) is 26.2 Å². The van der Waals surface area contributed by atoms with E-state index in [1.54, 1.807) is 5.56 Å². The van der Waals surface area contributed by atoms with E-state index in [2.05, 4.69) is 49.9 Å². The number of rotatable bonds is 6. The normalized spacial score (nSPS) is 18.6. The molecule has 0 aliphatic heterocycles. The predicted molar refractivity (Wildman–Crippen MR) is 77.8 cm³/mol. The summed E-state index contributed by atoms with van der Waals surface area (Å²) >= 11 is 0. The Balaban J connectivity index is 1.93. The molecule has 1 aromatic carbocycles. The van der Waals surface area contributed by atoms with Crippen molar-refractivity contribution in [3.8, 4) is 0 Å². The SMILES string of the molecule is CCN(CC1Cc2ccccc21)CC(C)(C)CN.